The van der Waals surface area contributed by atoms with Gasteiger partial charge in [0.05, 0.1) is 24.9 Å². The second-order valence-electron chi connectivity index (χ2n) is 11.9. The van der Waals surface area contributed by atoms with Crippen LogP contribution in [0.3, 0.4) is 0 Å². The lowest BCUT2D eigenvalue weighted by Crippen LogP contribution is -2.49. The number of epoxide rings is 1. The van der Waals surface area contributed by atoms with Gasteiger partial charge in [-0.05, 0) is 44.1 Å². The zero-order valence-electron chi connectivity index (χ0n) is 24.6. The smallest absolute Gasteiger partial charge is 0.224 e. The molecule has 3 heterocycles. The predicted octanol–water partition coefficient (Wildman–Crippen LogP) is 3.14. The average molecular weight is 577 g/mol. The van der Waals surface area contributed by atoms with Gasteiger partial charge < -0.3 is 15.0 Å². The third-order valence-corrected chi connectivity index (χ3v) is 7.94. The maximum absolute atomic E-state index is 13.7. The number of amides is 2. The number of carbonyl (C=O) groups is 5. The van der Waals surface area contributed by atoms with E-state index in [1.807, 2.05) is 44.2 Å². The fourth-order valence-electron chi connectivity index (χ4n) is 5.48. The molecule has 2 saturated heterocycles. The van der Waals surface area contributed by atoms with E-state index >= 15 is 0 Å². The van der Waals surface area contributed by atoms with Crippen molar-refractivity contribution in [2.45, 2.75) is 83.4 Å². The number of rotatable bonds is 15. The topological polar surface area (TPSA) is 139 Å². The summed E-state index contributed by atoms with van der Waals surface area (Å²) >= 11 is 0. The van der Waals surface area contributed by atoms with Gasteiger partial charge >= 0.3 is 0 Å². The van der Waals surface area contributed by atoms with E-state index in [1.54, 1.807) is 11.8 Å². The van der Waals surface area contributed by atoms with Crippen LogP contribution in [0.5, 0.6) is 0 Å². The van der Waals surface area contributed by atoms with Gasteiger partial charge in [-0.3, -0.25) is 29.0 Å². The molecular formula is C32H40N4O6. The number of carbonyl (C=O) groups excluding carboxylic acids is 5. The highest BCUT2D eigenvalue weighted by molar-refractivity contribution is 5.99. The molecule has 2 fully saturated rings. The van der Waals surface area contributed by atoms with Gasteiger partial charge in [0.2, 0.25) is 11.8 Å². The minimum Gasteiger partial charge on any atom is -0.361 e. The Hall–Kier alpha value is -3.79. The molecule has 2 amide bonds. The van der Waals surface area contributed by atoms with Crippen molar-refractivity contribution in [2.24, 2.45) is 11.8 Å². The summed E-state index contributed by atoms with van der Waals surface area (Å²) in [5, 5.41) is 2.94. The normalized spacial score (nSPS) is 21.0. The second-order valence-corrected chi connectivity index (χ2v) is 11.9. The summed E-state index contributed by atoms with van der Waals surface area (Å²) in [5.41, 5.74) is 0.221. The third-order valence-electron chi connectivity index (χ3n) is 7.94. The first-order valence-corrected chi connectivity index (χ1v) is 14.7. The van der Waals surface area contributed by atoms with Gasteiger partial charge in [-0.2, -0.15) is 0 Å². The van der Waals surface area contributed by atoms with Crippen LogP contribution >= 0.6 is 0 Å². The molecule has 0 unspecified atom stereocenters. The Morgan fingerprint density at radius 1 is 1.10 bits per heavy atom. The number of ether oxygens (including phenoxy) is 1. The molecule has 1 N–H and O–H groups in total. The van der Waals surface area contributed by atoms with Gasteiger partial charge in [-0.25, -0.2) is 4.98 Å². The van der Waals surface area contributed by atoms with E-state index < -0.39 is 23.6 Å². The average Bonchev–Trinajstić information content (AvgIpc) is 3.54. The minimum absolute atomic E-state index is 0.0259. The molecule has 2 aromatic rings. The highest BCUT2D eigenvalue weighted by atomic mass is 16.6. The first-order valence-electron chi connectivity index (χ1n) is 14.7. The Kier molecular flexibility index (Phi) is 10.3. The molecule has 10 nitrogen and oxygen atoms in total. The van der Waals surface area contributed by atoms with Crippen molar-refractivity contribution in [3.63, 3.8) is 0 Å². The maximum atomic E-state index is 13.7. The van der Waals surface area contributed by atoms with Crippen molar-refractivity contribution in [2.75, 3.05) is 13.2 Å². The van der Waals surface area contributed by atoms with Gasteiger partial charge in [0.1, 0.15) is 11.3 Å². The zero-order valence-corrected chi connectivity index (χ0v) is 24.6. The van der Waals surface area contributed by atoms with Gasteiger partial charge in [-0.15, -0.1) is 0 Å². The van der Waals surface area contributed by atoms with Gasteiger partial charge in [-0.1, -0.05) is 44.2 Å². The molecule has 0 bridgehead atoms. The lowest BCUT2D eigenvalue weighted by molar-refractivity contribution is -0.139. The SMILES string of the molecule is CC(C)C[C@H](NC(=O)[C@@H](CC(=O)[C@@H]1CCCN1C(=O)CCC(=O)c1cnccn1)Cc1ccccc1)C(=O)[C@@]1(C)CO1. The van der Waals surface area contributed by atoms with Crippen LogP contribution in [0.25, 0.3) is 0 Å². The van der Waals surface area contributed by atoms with E-state index in [0.29, 0.717) is 38.8 Å². The van der Waals surface area contributed by atoms with Gasteiger partial charge in [0, 0.05) is 44.1 Å². The van der Waals surface area contributed by atoms with Crippen molar-refractivity contribution >= 4 is 29.2 Å². The molecule has 0 saturated carbocycles. The number of nitrogens with one attached hydrogen (secondary N) is 1. The van der Waals surface area contributed by atoms with Crippen LogP contribution in [0.2, 0.25) is 0 Å². The summed E-state index contributed by atoms with van der Waals surface area (Å²) in [5.74, 6) is -1.82. The predicted molar refractivity (Wildman–Crippen MR) is 154 cm³/mol. The third kappa shape index (κ3) is 8.15. The van der Waals surface area contributed by atoms with Crippen molar-refractivity contribution in [3.05, 3.63) is 60.2 Å². The van der Waals surface area contributed by atoms with Crippen LogP contribution in [-0.2, 0) is 30.3 Å². The maximum Gasteiger partial charge on any atom is 0.224 e. The molecule has 4 rings (SSSR count). The second kappa shape index (κ2) is 13.9. The highest BCUT2D eigenvalue weighted by Gasteiger charge is 2.50. The van der Waals surface area contributed by atoms with Crippen molar-refractivity contribution in [1.82, 2.24) is 20.2 Å². The number of ketones is 3. The van der Waals surface area contributed by atoms with Crippen LogP contribution in [0, 0.1) is 11.8 Å². The van der Waals surface area contributed by atoms with Crippen LogP contribution < -0.4 is 5.32 Å². The summed E-state index contributed by atoms with van der Waals surface area (Å²) in [6.45, 7) is 6.46. The number of nitrogens with zero attached hydrogens (tertiary/aromatic N) is 3. The minimum atomic E-state index is -0.878. The zero-order chi connectivity index (χ0) is 30.3. The molecule has 224 valence electrons. The molecule has 4 atom stereocenters. The number of aromatic nitrogens is 2. The molecule has 0 radical (unpaired) electrons. The van der Waals surface area contributed by atoms with E-state index in [9.17, 15) is 24.0 Å². The van der Waals surface area contributed by atoms with Gasteiger partial charge in [0.15, 0.2) is 17.3 Å². The molecule has 2 aliphatic rings. The summed E-state index contributed by atoms with van der Waals surface area (Å²) < 4.78 is 5.36. The number of hydrogen-bond donors (Lipinski definition) is 1. The number of hydrogen-bond acceptors (Lipinski definition) is 8. The number of likely N-dealkylation sites (tertiary alicyclic amines) is 1. The molecule has 1 aromatic carbocycles. The molecule has 1 aromatic heterocycles. The summed E-state index contributed by atoms with van der Waals surface area (Å²) in [7, 11) is 0. The monoisotopic (exact) mass is 576 g/mol. The summed E-state index contributed by atoms with van der Waals surface area (Å²) in [6.07, 6.45) is 6.09. The van der Waals surface area contributed by atoms with Crippen LogP contribution in [0.4, 0.5) is 0 Å². The fourth-order valence-corrected chi connectivity index (χ4v) is 5.48. The fraction of sp³-hybridized carbons (Fsp3) is 0.531. The van der Waals surface area contributed by atoms with E-state index in [0.717, 1.165) is 5.56 Å². The van der Waals surface area contributed by atoms with E-state index in [2.05, 4.69) is 15.3 Å². The Bertz CT molecular complexity index is 1280. The molecule has 0 aliphatic carbocycles. The van der Waals surface area contributed by atoms with Gasteiger partial charge in [0.25, 0.3) is 0 Å². The Morgan fingerprint density at radius 2 is 1.83 bits per heavy atom. The van der Waals surface area contributed by atoms with Crippen molar-refractivity contribution < 1.29 is 28.7 Å². The standard InChI is InChI=1S/C32H40N4O6/c1-21(2)16-24(30(40)32(3)20-42-32)35-31(41)23(17-22-8-5-4-6-9-22)18-28(38)26-10-7-15-36(26)29(39)12-11-27(37)25-19-33-13-14-34-25/h4-6,8-9,13-14,19,21,23-24,26H,7,10-12,15-18,20H2,1-3H3,(H,35,41)/t23-,24+,26+,32-/m1/s1. The van der Waals surface area contributed by atoms with E-state index in [1.165, 1.54) is 18.6 Å². The van der Waals surface area contributed by atoms with Crippen LogP contribution in [0.1, 0.15) is 75.3 Å². The first-order chi connectivity index (χ1) is 20.1. The first kappa shape index (κ1) is 31.2. The lowest BCUT2D eigenvalue weighted by atomic mass is 9.89. The van der Waals surface area contributed by atoms with Crippen LogP contribution in [-0.4, -0.2) is 74.9 Å². The Labute approximate surface area is 246 Å². The molecule has 10 heteroatoms. The van der Waals surface area contributed by atoms with Crippen LogP contribution in [0.15, 0.2) is 48.9 Å². The quantitative estimate of drug-likeness (QED) is 0.252. The molecule has 2 aliphatic heterocycles. The largest absolute Gasteiger partial charge is 0.361 e. The molecule has 0 spiro atoms. The number of Topliss-reactive ketones (excluding diaryl/α,β-unsaturated/α-hetero) is 3. The molecule has 42 heavy (non-hydrogen) atoms. The molecular weight excluding hydrogens is 536 g/mol. The van der Waals surface area contributed by atoms with Crippen molar-refractivity contribution in [3.8, 4) is 0 Å². The lowest BCUT2D eigenvalue weighted by Gasteiger charge is -2.27. The van der Waals surface area contributed by atoms with Crippen molar-refractivity contribution in [1.29, 1.82) is 0 Å². The number of benzene rings is 1. The van der Waals surface area contributed by atoms with E-state index in [4.69, 9.17) is 4.74 Å². The Balaban J connectivity index is 1.44. The summed E-state index contributed by atoms with van der Waals surface area (Å²) in [4.78, 5) is 75.4. The van der Waals surface area contributed by atoms with E-state index in [-0.39, 0.29) is 60.0 Å². The Morgan fingerprint density at radius 3 is 2.48 bits per heavy atom. The summed E-state index contributed by atoms with van der Waals surface area (Å²) in [6, 6.07) is 8.08. The highest BCUT2D eigenvalue weighted by Crippen LogP contribution is 2.30.